The molecule has 20 heavy (non-hydrogen) atoms. The van der Waals surface area contributed by atoms with Gasteiger partial charge in [-0.1, -0.05) is 30.0 Å². The number of aromatic nitrogens is 2. The van der Waals surface area contributed by atoms with Gasteiger partial charge in [0.05, 0.1) is 6.20 Å². The van der Waals surface area contributed by atoms with E-state index in [0.29, 0.717) is 0 Å². The van der Waals surface area contributed by atoms with Gasteiger partial charge in [-0.25, -0.2) is 4.79 Å². The first-order valence-electron chi connectivity index (χ1n) is 6.03. The summed E-state index contributed by atoms with van der Waals surface area (Å²) in [7, 11) is 2.97. The molecule has 5 nitrogen and oxygen atoms in total. The Hall–Kier alpha value is -2.74. The van der Waals surface area contributed by atoms with Crippen LogP contribution in [0.5, 0.6) is 5.75 Å². The van der Waals surface area contributed by atoms with E-state index in [1.807, 2.05) is 30.3 Å². The molecule has 1 aromatic heterocycles. The SMILES string of the molecule is Cn1cc(OCC#Cc2ccccc2)c(=O)n(C)c1=O. The van der Waals surface area contributed by atoms with Gasteiger partial charge < -0.3 is 4.74 Å². The lowest BCUT2D eigenvalue weighted by Gasteiger charge is -2.06. The zero-order chi connectivity index (χ0) is 14.5. The zero-order valence-corrected chi connectivity index (χ0v) is 11.3. The van der Waals surface area contributed by atoms with Crippen molar-refractivity contribution in [1.29, 1.82) is 0 Å². The zero-order valence-electron chi connectivity index (χ0n) is 11.3. The van der Waals surface area contributed by atoms with Crippen LogP contribution in [0.4, 0.5) is 0 Å². The average Bonchev–Trinajstić information content (AvgIpc) is 2.47. The maximum Gasteiger partial charge on any atom is 0.330 e. The Morgan fingerprint density at radius 1 is 1.15 bits per heavy atom. The van der Waals surface area contributed by atoms with Crippen LogP contribution < -0.4 is 16.0 Å². The summed E-state index contributed by atoms with van der Waals surface area (Å²) in [5.74, 6) is 5.85. The van der Waals surface area contributed by atoms with E-state index < -0.39 is 11.2 Å². The first-order valence-corrected chi connectivity index (χ1v) is 6.03. The van der Waals surface area contributed by atoms with Gasteiger partial charge in [0.2, 0.25) is 5.75 Å². The Morgan fingerprint density at radius 2 is 1.85 bits per heavy atom. The first-order chi connectivity index (χ1) is 9.59. The van der Waals surface area contributed by atoms with Crippen LogP contribution in [0.25, 0.3) is 0 Å². The van der Waals surface area contributed by atoms with Crippen molar-refractivity contribution in [2.45, 2.75) is 0 Å². The topological polar surface area (TPSA) is 53.2 Å². The molecule has 0 amide bonds. The monoisotopic (exact) mass is 270 g/mol. The molecule has 1 heterocycles. The van der Waals surface area contributed by atoms with E-state index in [4.69, 9.17) is 4.74 Å². The van der Waals surface area contributed by atoms with Crippen LogP contribution in [0.2, 0.25) is 0 Å². The number of hydrogen-bond acceptors (Lipinski definition) is 3. The third-order valence-electron chi connectivity index (χ3n) is 2.72. The second kappa shape index (κ2) is 5.93. The summed E-state index contributed by atoms with van der Waals surface area (Å²) < 4.78 is 7.60. The summed E-state index contributed by atoms with van der Waals surface area (Å²) in [6.45, 7) is 0.0857. The third kappa shape index (κ3) is 2.98. The molecule has 0 bridgehead atoms. The van der Waals surface area contributed by atoms with E-state index in [1.165, 1.54) is 17.8 Å². The fraction of sp³-hybridized carbons (Fsp3) is 0.200. The number of hydrogen-bond donors (Lipinski definition) is 0. The molecule has 0 spiro atoms. The highest BCUT2D eigenvalue weighted by Gasteiger charge is 2.06. The molecule has 0 N–H and O–H groups in total. The van der Waals surface area contributed by atoms with Crippen LogP contribution in [0.3, 0.4) is 0 Å². The molecule has 0 radical (unpaired) electrons. The van der Waals surface area contributed by atoms with Crippen molar-refractivity contribution in [3.05, 3.63) is 62.9 Å². The van der Waals surface area contributed by atoms with Gasteiger partial charge in [0.1, 0.15) is 6.61 Å². The number of nitrogens with zero attached hydrogens (tertiary/aromatic N) is 2. The molecule has 0 unspecified atom stereocenters. The van der Waals surface area contributed by atoms with Crippen LogP contribution in [0, 0.1) is 11.8 Å². The fourth-order valence-electron chi connectivity index (χ4n) is 1.65. The summed E-state index contributed by atoms with van der Waals surface area (Å²) in [6.07, 6.45) is 1.37. The molecule has 0 aliphatic rings. The molecule has 2 aromatic rings. The number of aryl methyl sites for hydroxylation is 1. The number of rotatable bonds is 2. The highest BCUT2D eigenvalue weighted by atomic mass is 16.5. The third-order valence-corrected chi connectivity index (χ3v) is 2.72. The summed E-state index contributed by atoms with van der Waals surface area (Å²) >= 11 is 0. The van der Waals surface area contributed by atoms with Gasteiger partial charge in [0, 0.05) is 19.7 Å². The molecule has 0 saturated heterocycles. The minimum absolute atomic E-state index is 0.0857. The van der Waals surface area contributed by atoms with E-state index in [2.05, 4.69) is 11.8 Å². The average molecular weight is 270 g/mol. The quantitative estimate of drug-likeness (QED) is 0.747. The Labute approximate surface area is 116 Å². The molecule has 0 saturated carbocycles. The fourth-order valence-corrected chi connectivity index (χ4v) is 1.65. The Morgan fingerprint density at radius 3 is 2.55 bits per heavy atom. The molecule has 0 aliphatic carbocycles. The first kappa shape index (κ1) is 13.7. The summed E-state index contributed by atoms with van der Waals surface area (Å²) in [5, 5.41) is 0. The van der Waals surface area contributed by atoms with Crippen LogP contribution >= 0.6 is 0 Å². The van der Waals surface area contributed by atoms with Crippen LogP contribution in [-0.2, 0) is 14.1 Å². The summed E-state index contributed by atoms with van der Waals surface area (Å²) in [5.41, 5.74) is 0.0248. The van der Waals surface area contributed by atoms with Gasteiger partial charge in [0.15, 0.2) is 0 Å². The van der Waals surface area contributed by atoms with Gasteiger partial charge >= 0.3 is 5.69 Å². The van der Waals surface area contributed by atoms with Gasteiger partial charge in [-0.3, -0.25) is 13.9 Å². The van der Waals surface area contributed by atoms with Crippen molar-refractivity contribution in [2.75, 3.05) is 6.61 Å². The highest BCUT2D eigenvalue weighted by Crippen LogP contribution is 1.98. The van der Waals surface area contributed by atoms with Crippen molar-refractivity contribution in [3.63, 3.8) is 0 Å². The molecule has 5 heteroatoms. The standard InChI is InChI=1S/C15H14N2O3/c1-16-11-13(14(18)17(2)15(16)19)20-10-6-9-12-7-4-3-5-8-12/h3-5,7-8,11H,10H2,1-2H3. The van der Waals surface area contributed by atoms with Crippen LogP contribution in [-0.4, -0.2) is 15.7 Å². The van der Waals surface area contributed by atoms with E-state index in [0.717, 1.165) is 10.1 Å². The van der Waals surface area contributed by atoms with Crippen molar-refractivity contribution < 1.29 is 4.74 Å². The van der Waals surface area contributed by atoms with E-state index in [9.17, 15) is 9.59 Å². The summed E-state index contributed by atoms with van der Waals surface area (Å²) in [6, 6.07) is 9.48. The Bertz CT molecular complexity index is 777. The molecule has 102 valence electrons. The molecule has 1 aromatic carbocycles. The van der Waals surface area contributed by atoms with Crippen LogP contribution in [0.15, 0.2) is 46.1 Å². The van der Waals surface area contributed by atoms with Crippen molar-refractivity contribution >= 4 is 0 Å². The predicted octanol–water partition coefficient (Wildman–Crippen LogP) is 0.514. The lowest BCUT2D eigenvalue weighted by atomic mass is 10.2. The van der Waals surface area contributed by atoms with E-state index >= 15 is 0 Å². The normalized spacial score (nSPS) is 9.70. The molecule has 0 fully saturated rings. The molecular formula is C15H14N2O3. The molecule has 0 atom stereocenters. The minimum Gasteiger partial charge on any atom is -0.474 e. The van der Waals surface area contributed by atoms with Crippen molar-refractivity contribution in [3.8, 4) is 17.6 Å². The highest BCUT2D eigenvalue weighted by molar-refractivity contribution is 5.33. The predicted molar refractivity (Wildman–Crippen MR) is 75.7 cm³/mol. The van der Waals surface area contributed by atoms with E-state index in [-0.39, 0.29) is 12.4 Å². The lowest BCUT2D eigenvalue weighted by molar-refractivity contribution is 0.355. The molecular weight excluding hydrogens is 256 g/mol. The summed E-state index contributed by atoms with van der Waals surface area (Å²) in [4.78, 5) is 23.3. The van der Waals surface area contributed by atoms with Gasteiger partial charge in [-0.15, -0.1) is 0 Å². The number of ether oxygens (including phenoxy) is 1. The molecule has 2 rings (SSSR count). The Balaban J connectivity index is 2.12. The smallest absolute Gasteiger partial charge is 0.330 e. The van der Waals surface area contributed by atoms with E-state index in [1.54, 1.807) is 7.05 Å². The minimum atomic E-state index is -0.463. The molecule has 0 aliphatic heterocycles. The number of benzene rings is 1. The largest absolute Gasteiger partial charge is 0.474 e. The van der Waals surface area contributed by atoms with Gasteiger partial charge in [0.25, 0.3) is 5.56 Å². The lowest BCUT2D eigenvalue weighted by Crippen LogP contribution is -2.37. The van der Waals surface area contributed by atoms with Crippen molar-refractivity contribution in [1.82, 2.24) is 9.13 Å². The maximum absolute atomic E-state index is 11.8. The van der Waals surface area contributed by atoms with Gasteiger partial charge in [-0.05, 0) is 12.1 Å². The Kier molecular flexibility index (Phi) is 4.06. The maximum atomic E-state index is 11.8. The van der Waals surface area contributed by atoms with Crippen molar-refractivity contribution in [2.24, 2.45) is 14.1 Å². The second-order valence-electron chi connectivity index (χ2n) is 4.21. The van der Waals surface area contributed by atoms with Gasteiger partial charge in [-0.2, -0.15) is 0 Å². The second-order valence-corrected chi connectivity index (χ2v) is 4.21. The van der Waals surface area contributed by atoms with Crippen LogP contribution in [0.1, 0.15) is 5.56 Å².